The van der Waals surface area contributed by atoms with Gasteiger partial charge < -0.3 is 19.7 Å². The molecular weight excluding hydrogens is 400 g/mol. The summed E-state index contributed by atoms with van der Waals surface area (Å²) in [6.45, 7) is 3.82. The van der Waals surface area contributed by atoms with Gasteiger partial charge in [0.2, 0.25) is 10.0 Å². The molecule has 160 valence electrons. The number of sulfonamides is 1. The van der Waals surface area contributed by atoms with Crippen molar-refractivity contribution in [1.29, 1.82) is 0 Å². The summed E-state index contributed by atoms with van der Waals surface area (Å²) < 4.78 is 36.1. The summed E-state index contributed by atoms with van der Waals surface area (Å²) in [5, 5.41) is 15.7. The minimum absolute atomic E-state index is 0.0169. The minimum Gasteiger partial charge on any atom is -0.452 e. The Morgan fingerprint density at radius 3 is 2.69 bits per heavy atom. The summed E-state index contributed by atoms with van der Waals surface area (Å²) in [6, 6.07) is 4.06. The lowest BCUT2D eigenvalue weighted by molar-refractivity contribution is 0.0430. The number of ether oxygens (including phenoxy) is 1. The SMILES string of the molecule is CC(C)Cc1noc(COC(=O)c2cc(S(=O)(=O)N(C)C)ccc2NCCO)n1. The monoisotopic (exact) mass is 426 g/mol. The number of aliphatic hydroxyl groups is 1. The van der Waals surface area contributed by atoms with Crippen molar-refractivity contribution in [2.24, 2.45) is 5.92 Å². The number of nitrogens with zero attached hydrogens (tertiary/aromatic N) is 3. The van der Waals surface area contributed by atoms with Crippen molar-refractivity contribution in [3.05, 3.63) is 35.5 Å². The van der Waals surface area contributed by atoms with Gasteiger partial charge in [0, 0.05) is 32.7 Å². The lowest BCUT2D eigenvalue weighted by atomic mass is 10.1. The van der Waals surface area contributed by atoms with E-state index in [4.69, 9.17) is 14.4 Å². The van der Waals surface area contributed by atoms with Gasteiger partial charge in [0.25, 0.3) is 5.89 Å². The molecule has 0 radical (unpaired) electrons. The molecule has 29 heavy (non-hydrogen) atoms. The van der Waals surface area contributed by atoms with Crippen LogP contribution >= 0.6 is 0 Å². The summed E-state index contributed by atoms with van der Waals surface area (Å²) >= 11 is 0. The number of aliphatic hydroxyl groups excluding tert-OH is 1. The molecule has 1 aromatic carbocycles. The lowest BCUT2D eigenvalue weighted by Gasteiger charge is -2.15. The maximum atomic E-state index is 12.6. The summed E-state index contributed by atoms with van der Waals surface area (Å²) in [7, 11) is -0.941. The summed E-state index contributed by atoms with van der Waals surface area (Å²) in [6.07, 6.45) is 0.636. The van der Waals surface area contributed by atoms with Crippen molar-refractivity contribution in [2.45, 2.75) is 31.8 Å². The molecule has 1 heterocycles. The number of aromatic nitrogens is 2. The van der Waals surface area contributed by atoms with Crippen LogP contribution in [0.2, 0.25) is 0 Å². The third-order valence-electron chi connectivity index (χ3n) is 3.84. The Morgan fingerprint density at radius 2 is 2.07 bits per heavy atom. The molecule has 0 aliphatic rings. The third kappa shape index (κ3) is 5.99. The molecule has 1 aromatic heterocycles. The van der Waals surface area contributed by atoms with Crippen molar-refractivity contribution in [1.82, 2.24) is 14.4 Å². The summed E-state index contributed by atoms with van der Waals surface area (Å²) in [4.78, 5) is 16.7. The standard InChI is InChI=1S/C18H26N4O6S/c1-12(2)9-16-20-17(28-21-16)11-27-18(24)14-10-13(29(25,26)22(3)4)5-6-15(14)19-7-8-23/h5-6,10,12,19,23H,7-9,11H2,1-4H3. The number of hydrogen-bond donors (Lipinski definition) is 2. The van der Waals surface area contributed by atoms with Crippen molar-refractivity contribution < 1.29 is 27.6 Å². The van der Waals surface area contributed by atoms with Crippen molar-refractivity contribution >= 4 is 21.7 Å². The molecule has 2 rings (SSSR count). The summed E-state index contributed by atoms with van der Waals surface area (Å²) in [5.74, 6) is 0.265. The van der Waals surface area contributed by atoms with Gasteiger partial charge in [0.05, 0.1) is 17.1 Å². The maximum Gasteiger partial charge on any atom is 0.340 e. The van der Waals surface area contributed by atoms with E-state index in [1.807, 2.05) is 13.8 Å². The largest absolute Gasteiger partial charge is 0.452 e. The van der Waals surface area contributed by atoms with Gasteiger partial charge in [-0.15, -0.1) is 0 Å². The van der Waals surface area contributed by atoms with Crippen LogP contribution in [0.3, 0.4) is 0 Å². The highest BCUT2D eigenvalue weighted by Crippen LogP contribution is 2.23. The van der Waals surface area contributed by atoms with E-state index >= 15 is 0 Å². The fourth-order valence-corrected chi connectivity index (χ4v) is 3.34. The first kappa shape index (κ1) is 22.8. The Bertz CT molecular complexity index is 940. The van der Waals surface area contributed by atoms with Gasteiger partial charge in [-0.2, -0.15) is 4.98 Å². The van der Waals surface area contributed by atoms with E-state index in [2.05, 4.69) is 15.5 Å². The van der Waals surface area contributed by atoms with E-state index in [9.17, 15) is 13.2 Å². The van der Waals surface area contributed by atoms with Crippen LogP contribution in [0, 0.1) is 5.92 Å². The van der Waals surface area contributed by atoms with Crippen LogP contribution in [0.15, 0.2) is 27.6 Å². The van der Waals surface area contributed by atoms with Crippen LogP contribution in [0.1, 0.15) is 35.9 Å². The second kappa shape index (κ2) is 9.81. The molecular formula is C18H26N4O6S. The van der Waals surface area contributed by atoms with E-state index in [0.717, 1.165) is 4.31 Å². The molecule has 0 amide bonds. The van der Waals surface area contributed by atoms with Gasteiger partial charge in [0.1, 0.15) is 0 Å². The second-order valence-corrected chi connectivity index (χ2v) is 9.08. The fraction of sp³-hybridized carbons (Fsp3) is 0.500. The molecule has 0 unspecified atom stereocenters. The summed E-state index contributed by atoms with van der Waals surface area (Å²) in [5.41, 5.74) is 0.357. The molecule has 2 aromatic rings. The maximum absolute atomic E-state index is 12.6. The average Bonchev–Trinajstić information content (AvgIpc) is 3.10. The van der Waals surface area contributed by atoms with Crippen molar-refractivity contribution in [2.75, 3.05) is 32.6 Å². The van der Waals surface area contributed by atoms with Crippen LogP contribution in [0.4, 0.5) is 5.69 Å². The first-order chi connectivity index (χ1) is 13.6. The van der Waals surface area contributed by atoms with Gasteiger partial charge in [-0.25, -0.2) is 17.5 Å². The lowest BCUT2D eigenvalue weighted by Crippen LogP contribution is -2.23. The Labute approximate surface area is 169 Å². The number of carbonyl (C=O) groups is 1. The predicted molar refractivity (Wildman–Crippen MR) is 105 cm³/mol. The molecule has 0 saturated carbocycles. The third-order valence-corrected chi connectivity index (χ3v) is 5.66. The second-order valence-electron chi connectivity index (χ2n) is 6.92. The van der Waals surface area contributed by atoms with Crippen LogP contribution in [-0.4, -0.2) is 61.2 Å². The fourth-order valence-electron chi connectivity index (χ4n) is 2.41. The molecule has 0 saturated heterocycles. The number of rotatable bonds is 10. The number of carbonyl (C=O) groups excluding carboxylic acids is 1. The highest BCUT2D eigenvalue weighted by atomic mass is 32.2. The highest BCUT2D eigenvalue weighted by Gasteiger charge is 2.22. The Kier molecular flexibility index (Phi) is 7.71. The highest BCUT2D eigenvalue weighted by molar-refractivity contribution is 7.89. The van der Waals surface area contributed by atoms with Crippen molar-refractivity contribution in [3.63, 3.8) is 0 Å². The van der Waals surface area contributed by atoms with Gasteiger partial charge >= 0.3 is 5.97 Å². The zero-order chi connectivity index (χ0) is 21.6. The predicted octanol–water partition coefficient (Wildman–Crippen LogP) is 1.28. The number of esters is 1. The molecule has 0 aliphatic carbocycles. The molecule has 11 heteroatoms. The quantitative estimate of drug-likeness (QED) is 0.539. The average molecular weight is 426 g/mol. The van der Waals surface area contributed by atoms with Crippen molar-refractivity contribution in [3.8, 4) is 0 Å². The Morgan fingerprint density at radius 1 is 1.34 bits per heavy atom. The Balaban J connectivity index is 2.22. The molecule has 10 nitrogen and oxygen atoms in total. The van der Waals surface area contributed by atoms with Gasteiger partial charge in [-0.3, -0.25) is 0 Å². The van der Waals surface area contributed by atoms with Crippen LogP contribution in [0.25, 0.3) is 0 Å². The molecule has 0 atom stereocenters. The number of anilines is 1. The van der Waals surface area contributed by atoms with Crippen LogP contribution in [-0.2, 0) is 27.8 Å². The van der Waals surface area contributed by atoms with E-state index in [1.165, 1.54) is 32.3 Å². The van der Waals surface area contributed by atoms with Gasteiger partial charge in [-0.05, 0) is 24.1 Å². The minimum atomic E-state index is -3.74. The molecule has 0 aliphatic heterocycles. The number of nitrogens with one attached hydrogen (secondary N) is 1. The first-order valence-corrected chi connectivity index (χ1v) is 10.5. The van der Waals surface area contributed by atoms with Crippen LogP contribution in [0.5, 0.6) is 0 Å². The molecule has 2 N–H and O–H groups in total. The van der Waals surface area contributed by atoms with Gasteiger partial charge in [-0.1, -0.05) is 19.0 Å². The number of benzene rings is 1. The molecule has 0 bridgehead atoms. The topological polar surface area (TPSA) is 135 Å². The van der Waals surface area contributed by atoms with E-state index in [1.54, 1.807) is 0 Å². The first-order valence-electron chi connectivity index (χ1n) is 9.05. The van der Waals surface area contributed by atoms with Gasteiger partial charge in [0.15, 0.2) is 12.4 Å². The van der Waals surface area contributed by atoms with E-state index in [-0.39, 0.29) is 36.1 Å². The zero-order valence-electron chi connectivity index (χ0n) is 16.9. The van der Waals surface area contributed by atoms with Crippen LogP contribution < -0.4 is 5.32 Å². The van der Waals surface area contributed by atoms with E-state index in [0.29, 0.717) is 23.9 Å². The molecule has 0 spiro atoms. The molecule has 0 fully saturated rings. The number of hydrogen-bond acceptors (Lipinski definition) is 9. The van der Waals surface area contributed by atoms with E-state index < -0.39 is 16.0 Å². The normalized spacial score (nSPS) is 11.8. The smallest absolute Gasteiger partial charge is 0.340 e. The zero-order valence-corrected chi connectivity index (χ0v) is 17.7. The Hall–Kier alpha value is -2.50.